The fourth-order valence-electron chi connectivity index (χ4n) is 0.882. The molecule has 0 fully saturated rings. The Morgan fingerprint density at radius 1 is 1.45 bits per heavy atom. The average molecular weight is 159 g/mol. The molecule has 3 heteroatoms. The first-order valence-electron chi connectivity index (χ1n) is 3.92. The molecule has 11 heavy (non-hydrogen) atoms. The van der Waals surface area contributed by atoms with Crippen LogP contribution < -0.4 is 5.73 Å². The van der Waals surface area contributed by atoms with E-state index in [4.69, 9.17) is 10.8 Å². The summed E-state index contributed by atoms with van der Waals surface area (Å²) in [6.45, 7) is 6.08. The molecule has 66 valence electrons. The van der Waals surface area contributed by atoms with Gasteiger partial charge in [-0.2, -0.15) is 0 Å². The van der Waals surface area contributed by atoms with Crippen LogP contribution in [-0.2, 0) is 4.79 Å². The highest BCUT2D eigenvalue weighted by Crippen LogP contribution is 2.14. The summed E-state index contributed by atoms with van der Waals surface area (Å²) < 4.78 is 0. The van der Waals surface area contributed by atoms with E-state index in [0.717, 1.165) is 0 Å². The average Bonchev–Trinajstić information content (AvgIpc) is 1.84. The van der Waals surface area contributed by atoms with Gasteiger partial charge in [0, 0.05) is 6.04 Å². The van der Waals surface area contributed by atoms with E-state index >= 15 is 0 Å². The number of aliphatic carboxylic acids is 1. The molecule has 0 aromatic carbocycles. The summed E-state index contributed by atoms with van der Waals surface area (Å²) >= 11 is 0. The molecule has 0 heterocycles. The Labute approximate surface area is 67.6 Å². The molecule has 2 atom stereocenters. The lowest BCUT2D eigenvalue weighted by Gasteiger charge is -2.21. The van der Waals surface area contributed by atoms with E-state index in [2.05, 4.69) is 0 Å². The van der Waals surface area contributed by atoms with Crippen molar-refractivity contribution in [3.8, 4) is 0 Å². The second kappa shape index (κ2) is 4.34. The molecule has 0 aromatic rings. The quantitative estimate of drug-likeness (QED) is 0.645. The molecular formula is C8H17NO2. The zero-order valence-corrected chi connectivity index (χ0v) is 7.37. The number of rotatable bonds is 4. The zero-order valence-electron chi connectivity index (χ0n) is 7.37. The van der Waals surface area contributed by atoms with Crippen LogP contribution >= 0.6 is 0 Å². The summed E-state index contributed by atoms with van der Waals surface area (Å²) in [7, 11) is 0. The van der Waals surface area contributed by atoms with Crippen molar-refractivity contribution < 1.29 is 9.90 Å². The number of carboxylic acid groups (broad SMARTS) is 1. The van der Waals surface area contributed by atoms with Gasteiger partial charge in [0.1, 0.15) is 0 Å². The van der Waals surface area contributed by atoms with Crippen molar-refractivity contribution in [2.24, 2.45) is 17.6 Å². The summed E-state index contributed by atoms with van der Waals surface area (Å²) in [6, 6.07) is -0.215. The first kappa shape index (κ1) is 10.4. The van der Waals surface area contributed by atoms with Crippen LogP contribution in [0.5, 0.6) is 0 Å². The monoisotopic (exact) mass is 159 g/mol. The second-order valence-electron chi connectivity index (χ2n) is 3.36. The summed E-state index contributed by atoms with van der Waals surface area (Å²) in [5, 5.41) is 8.43. The van der Waals surface area contributed by atoms with Crippen LogP contribution in [0.15, 0.2) is 0 Å². The summed E-state index contributed by atoms with van der Waals surface area (Å²) in [6.07, 6.45) is 0.0688. The first-order chi connectivity index (χ1) is 4.95. The molecule has 0 rings (SSSR count). The lowest BCUT2D eigenvalue weighted by Crippen LogP contribution is -2.33. The van der Waals surface area contributed by atoms with E-state index in [1.54, 1.807) is 0 Å². The Hall–Kier alpha value is -0.570. The van der Waals surface area contributed by atoms with Gasteiger partial charge in [0.15, 0.2) is 0 Å². The third-order valence-electron chi connectivity index (χ3n) is 2.14. The molecule has 0 aliphatic carbocycles. The summed E-state index contributed by atoms with van der Waals surface area (Å²) in [5.74, 6) is -0.0968. The van der Waals surface area contributed by atoms with Gasteiger partial charge in [0.05, 0.1) is 6.42 Å². The molecule has 0 aliphatic rings. The highest BCUT2D eigenvalue weighted by molar-refractivity contribution is 5.67. The Morgan fingerprint density at radius 3 is 2.18 bits per heavy atom. The van der Waals surface area contributed by atoms with E-state index in [1.165, 1.54) is 0 Å². The maximum absolute atomic E-state index is 10.3. The zero-order chi connectivity index (χ0) is 9.02. The standard InChI is InChI=1S/C8H17NO2/c1-5(2)6(3)7(9)4-8(10)11/h5-7H,4,9H2,1-3H3,(H,10,11)/t6-,7-/m1/s1. The van der Waals surface area contributed by atoms with Crippen molar-refractivity contribution in [3.05, 3.63) is 0 Å². The molecule has 0 spiro atoms. The van der Waals surface area contributed by atoms with Crippen molar-refractivity contribution >= 4 is 5.97 Å². The fourth-order valence-corrected chi connectivity index (χ4v) is 0.882. The van der Waals surface area contributed by atoms with Gasteiger partial charge in [-0.05, 0) is 11.8 Å². The van der Waals surface area contributed by atoms with Gasteiger partial charge in [-0.25, -0.2) is 0 Å². The Bertz CT molecular complexity index is 134. The minimum absolute atomic E-state index is 0.0688. The molecule has 0 aromatic heterocycles. The van der Waals surface area contributed by atoms with Gasteiger partial charge < -0.3 is 10.8 Å². The molecule has 0 amide bonds. The number of hydrogen-bond acceptors (Lipinski definition) is 2. The minimum Gasteiger partial charge on any atom is -0.481 e. The van der Waals surface area contributed by atoms with Crippen LogP contribution in [0, 0.1) is 11.8 Å². The smallest absolute Gasteiger partial charge is 0.304 e. The van der Waals surface area contributed by atoms with E-state index in [9.17, 15) is 4.79 Å². The van der Waals surface area contributed by atoms with Crippen LogP contribution in [0.4, 0.5) is 0 Å². The predicted octanol–water partition coefficient (Wildman–Crippen LogP) is 1.08. The van der Waals surface area contributed by atoms with Gasteiger partial charge in [-0.1, -0.05) is 20.8 Å². The van der Waals surface area contributed by atoms with Crippen molar-refractivity contribution in [2.75, 3.05) is 0 Å². The largest absolute Gasteiger partial charge is 0.481 e. The Morgan fingerprint density at radius 2 is 1.91 bits per heavy atom. The SMILES string of the molecule is CC(C)[C@@H](C)[C@H](N)CC(=O)O. The third kappa shape index (κ3) is 3.98. The molecule has 0 saturated heterocycles. The predicted molar refractivity (Wildman–Crippen MR) is 44.2 cm³/mol. The summed E-state index contributed by atoms with van der Waals surface area (Å²) in [4.78, 5) is 10.3. The Kier molecular flexibility index (Phi) is 4.11. The molecule has 0 saturated carbocycles. The topological polar surface area (TPSA) is 63.3 Å². The molecule has 0 radical (unpaired) electrons. The van der Waals surface area contributed by atoms with Crippen LogP contribution in [0.2, 0.25) is 0 Å². The van der Waals surface area contributed by atoms with E-state index in [-0.39, 0.29) is 18.4 Å². The highest BCUT2D eigenvalue weighted by atomic mass is 16.4. The van der Waals surface area contributed by atoms with Crippen LogP contribution in [-0.4, -0.2) is 17.1 Å². The lowest BCUT2D eigenvalue weighted by atomic mass is 9.89. The molecule has 3 nitrogen and oxygen atoms in total. The van der Waals surface area contributed by atoms with E-state index < -0.39 is 5.97 Å². The van der Waals surface area contributed by atoms with E-state index in [1.807, 2.05) is 20.8 Å². The maximum atomic E-state index is 10.3. The van der Waals surface area contributed by atoms with Gasteiger partial charge in [-0.15, -0.1) is 0 Å². The van der Waals surface area contributed by atoms with Gasteiger partial charge in [0.25, 0.3) is 0 Å². The van der Waals surface area contributed by atoms with Crippen molar-refractivity contribution in [1.29, 1.82) is 0 Å². The highest BCUT2D eigenvalue weighted by Gasteiger charge is 2.18. The first-order valence-corrected chi connectivity index (χ1v) is 3.92. The van der Waals surface area contributed by atoms with Crippen LogP contribution in [0.1, 0.15) is 27.2 Å². The maximum Gasteiger partial charge on any atom is 0.304 e. The van der Waals surface area contributed by atoms with Crippen molar-refractivity contribution in [2.45, 2.75) is 33.2 Å². The van der Waals surface area contributed by atoms with Gasteiger partial charge in [0.2, 0.25) is 0 Å². The number of carboxylic acids is 1. The molecule has 3 N–H and O–H groups in total. The molecule has 0 aliphatic heterocycles. The van der Waals surface area contributed by atoms with Gasteiger partial charge in [-0.3, -0.25) is 4.79 Å². The van der Waals surface area contributed by atoms with Crippen molar-refractivity contribution in [3.63, 3.8) is 0 Å². The number of nitrogens with two attached hydrogens (primary N) is 1. The van der Waals surface area contributed by atoms with Crippen LogP contribution in [0.3, 0.4) is 0 Å². The van der Waals surface area contributed by atoms with E-state index in [0.29, 0.717) is 5.92 Å². The van der Waals surface area contributed by atoms with Gasteiger partial charge >= 0.3 is 5.97 Å². The molecule has 0 bridgehead atoms. The summed E-state index contributed by atoms with van der Waals surface area (Å²) in [5.41, 5.74) is 5.64. The fraction of sp³-hybridized carbons (Fsp3) is 0.875. The molecular weight excluding hydrogens is 142 g/mol. The minimum atomic E-state index is -0.815. The third-order valence-corrected chi connectivity index (χ3v) is 2.14. The normalized spacial score (nSPS) is 16.5. The number of hydrogen-bond donors (Lipinski definition) is 2. The Balaban J connectivity index is 3.82. The number of carbonyl (C=O) groups is 1. The van der Waals surface area contributed by atoms with Crippen molar-refractivity contribution in [1.82, 2.24) is 0 Å². The van der Waals surface area contributed by atoms with Crippen LogP contribution in [0.25, 0.3) is 0 Å². The second-order valence-corrected chi connectivity index (χ2v) is 3.36. The molecule has 0 unspecified atom stereocenters. The lowest BCUT2D eigenvalue weighted by molar-refractivity contribution is -0.137.